The lowest BCUT2D eigenvalue weighted by molar-refractivity contribution is -0.182. The third-order valence-corrected chi connectivity index (χ3v) is 5.31. The lowest BCUT2D eigenvalue weighted by Gasteiger charge is -2.30. The first kappa shape index (κ1) is 15.3. The lowest BCUT2D eigenvalue weighted by atomic mass is 9.85. The Morgan fingerprint density at radius 1 is 1.21 bits per heavy atom. The van der Waals surface area contributed by atoms with Crippen LogP contribution in [0.4, 0.5) is 13.2 Å². The highest BCUT2D eigenvalue weighted by atomic mass is 79.9. The molecule has 19 heavy (non-hydrogen) atoms. The highest BCUT2D eigenvalue weighted by Gasteiger charge is 2.41. The van der Waals surface area contributed by atoms with Crippen molar-refractivity contribution in [1.29, 1.82) is 0 Å². The molecule has 1 saturated carbocycles. The van der Waals surface area contributed by atoms with Crippen LogP contribution < -0.4 is 5.32 Å². The zero-order valence-electron chi connectivity index (χ0n) is 10.5. The van der Waals surface area contributed by atoms with Gasteiger partial charge in [0.25, 0.3) is 0 Å². The molecule has 1 heterocycles. The van der Waals surface area contributed by atoms with Gasteiger partial charge in [-0.3, -0.25) is 0 Å². The van der Waals surface area contributed by atoms with Gasteiger partial charge in [0, 0.05) is 17.5 Å². The maximum absolute atomic E-state index is 12.5. The van der Waals surface area contributed by atoms with E-state index in [0.717, 1.165) is 16.8 Å². The SMILES string of the molecule is FC(F)(F)C1CCC(NCCc2ccc(Br)s2)CC1. The van der Waals surface area contributed by atoms with Gasteiger partial charge in [0.05, 0.1) is 9.70 Å². The quantitative estimate of drug-likeness (QED) is 0.820. The third kappa shape index (κ3) is 4.76. The minimum Gasteiger partial charge on any atom is -0.314 e. The smallest absolute Gasteiger partial charge is 0.314 e. The first-order valence-corrected chi connectivity index (χ1v) is 8.10. The van der Waals surface area contributed by atoms with Gasteiger partial charge in [-0.15, -0.1) is 11.3 Å². The molecule has 1 aromatic rings. The predicted octanol–water partition coefficient (Wildman–Crippen LogP) is 4.76. The van der Waals surface area contributed by atoms with Crippen molar-refractivity contribution in [2.75, 3.05) is 6.54 Å². The summed E-state index contributed by atoms with van der Waals surface area (Å²) in [5.74, 6) is -1.08. The number of nitrogens with one attached hydrogen (secondary N) is 1. The maximum atomic E-state index is 12.5. The minimum atomic E-state index is -4.01. The molecule has 0 atom stereocenters. The van der Waals surface area contributed by atoms with Crippen molar-refractivity contribution in [3.05, 3.63) is 20.8 Å². The average Bonchev–Trinajstić information content (AvgIpc) is 2.75. The molecule has 0 spiro atoms. The second-order valence-electron chi connectivity index (χ2n) is 5.00. The molecule has 1 aliphatic rings. The molecule has 0 unspecified atom stereocenters. The molecular weight excluding hydrogens is 339 g/mol. The summed E-state index contributed by atoms with van der Waals surface area (Å²) in [5.41, 5.74) is 0. The van der Waals surface area contributed by atoms with Crippen LogP contribution in [0.3, 0.4) is 0 Å². The van der Waals surface area contributed by atoms with Crippen molar-refractivity contribution in [3.63, 3.8) is 0 Å². The molecular formula is C13H17BrF3NS. The largest absolute Gasteiger partial charge is 0.391 e. The molecule has 1 aliphatic carbocycles. The van der Waals surface area contributed by atoms with E-state index >= 15 is 0 Å². The maximum Gasteiger partial charge on any atom is 0.391 e. The van der Waals surface area contributed by atoms with Gasteiger partial charge in [0.1, 0.15) is 0 Å². The van der Waals surface area contributed by atoms with Crippen LogP contribution in [-0.2, 0) is 6.42 Å². The van der Waals surface area contributed by atoms with Crippen LogP contribution in [0.15, 0.2) is 15.9 Å². The fourth-order valence-corrected chi connectivity index (χ4v) is 3.99. The van der Waals surface area contributed by atoms with Gasteiger partial charge < -0.3 is 5.32 Å². The van der Waals surface area contributed by atoms with E-state index in [1.165, 1.54) is 4.88 Å². The molecule has 2 rings (SSSR count). The van der Waals surface area contributed by atoms with Gasteiger partial charge in [-0.1, -0.05) is 0 Å². The molecule has 6 heteroatoms. The van der Waals surface area contributed by atoms with Crippen molar-refractivity contribution in [2.24, 2.45) is 5.92 Å². The van der Waals surface area contributed by atoms with E-state index in [1.807, 2.05) is 6.07 Å². The van der Waals surface area contributed by atoms with Crippen molar-refractivity contribution in [1.82, 2.24) is 5.32 Å². The Morgan fingerprint density at radius 2 is 1.89 bits per heavy atom. The fourth-order valence-electron chi connectivity index (χ4n) is 2.51. The first-order valence-electron chi connectivity index (χ1n) is 6.49. The average molecular weight is 356 g/mol. The van der Waals surface area contributed by atoms with Gasteiger partial charge in [-0.25, -0.2) is 0 Å². The summed E-state index contributed by atoms with van der Waals surface area (Å²) >= 11 is 5.12. The van der Waals surface area contributed by atoms with Crippen LogP contribution in [0.5, 0.6) is 0 Å². The predicted molar refractivity (Wildman–Crippen MR) is 75.5 cm³/mol. The van der Waals surface area contributed by atoms with Crippen molar-refractivity contribution >= 4 is 27.3 Å². The summed E-state index contributed by atoms with van der Waals surface area (Å²) in [6.45, 7) is 0.842. The Kier molecular flexibility index (Phi) is 5.31. The summed E-state index contributed by atoms with van der Waals surface area (Å²) < 4.78 is 38.7. The van der Waals surface area contributed by atoms with Crippen LogP contribution in [0.2, 0.25) is 0 Å². The van der Waals surface area contributed by atoms with E-state index in [-0.39, 0.29) is 18.9 Å². The van der Waals surface area contributed by atoms with Crippen LogP contribution in [0.1, 0.15) is 30.6 Å². The van der Waals surface area contributed by atoms with Crippen LogP contribution >= 0.6 is 27.3 Å². The molecule has 0 radical (unpaired) electrons. The first-order chi connectivity index (χ1) is 8.95. The number of halogens is 4. The zero-order valence-corrected chi connectivity index (χ0v) is 12.9. The normalized spacial score (nSPS) is 24.6. The number of thiophene rings is 1. The molecule has 1 aromatic heterocycles. The molecule has 0 saturated heterocycles. The summed E-state index contributed by atoms with van der Waals surface area (Å²) in [5, 5.41) is 3.38. The Bertz CT molecular complexity index is 397. The second kappa shape index (κ2) is 6.59. The van der Waals surface area contributed by atoms with E-state index in [9.17, 15) is 13.2 Å². The topological polar surface area (TPSA) is 12.0 Å². The lowest BCUT2D eigenvalue weighted by Crippen LogP contribution is -2.37. The number of hydrogen-bond acceptors (Lipinski definition) is 2. The Labute approximate surface area is 123 Å². The van der Waals surface area contributed by atoms with Gasteiger partial charge in [0.2, 0.25) is 0 Å². The third-order valence-electron chi connectivity index (χ3n) is 3.62. The summed E-state index contributed by atoms with van der Waals surface area (Å²) in [4.78, 5) is 1.29. The Hall–Kier alpha value is -0.0700. The van der Waals surface area contributed by atoms with Gasteiger partial charge in [-0.05, 0) is 60.2 Å². The van der Waals surface area contributed by atoms with Crippen LogP contribution in [0, 0.1) is 5.92 Å². The van der Waals surface area contributed by atoms with E-state index < -0.39 is 12.1 Å². The number of hydrogen-bond donors (Lipinski definition) is 1. The van der Waals surface area contributed by atoms with Crippen molar-refractivity contribution in [2.45, 2.75) is 44.3 Å². The monoisotopic (exact) mass is 355 g/mol. The highest BCUT2D eigenvalue weighted by Crippen LogP contribution is 2.37. The molecule has 1 fully saturated rings. The van der Waals surface area contributed by atoms with Gasteiger partial charge in [0.15, 0.2) is 0 Å². The van der Waals surface area contributed by atoms with E-state index in [4.69, 9.17) is 0 Å². The van der Waals surface area contributed by atoms with E-state index in [0.29, 0.717) is 12.8 Å². The molecule has 108 valence electrons. The molecule has 0 aromatic carbocycles. The molecule has 1 nitrogen and oxygen atoms in total. The van der Waals surface area contributed by atoms with E-state index in [1.54, 1.807) is 11.3 Å². The Balaban J connectivity index is 1.66. The number of rotatable bonds is 4. The Morgan fingerprint density at radius 3 is 2.42 bits per heavy atom. The minimum absolute atomic E-state index is 0.252. The fraction of sp³-hybridized carbons (Fsp3) is 0.692. The highest BCUT2D eigenvalue weighted by molar-refractivity contribution is 9.11. The van der Waals surface area contributed by atoms with Gasteiger partial charge in [-0.2, -0.15) is 13.2 Å². The summed E-state index contributed by atoms with van der Waals surface area (Å²) in [6, 6.07) is 4.35. The van der Waals surface area contributed by atoms with E-state index in [2.05, 4.69) is 27.3 Å². The summed E-state index contributed by atoms with van der Waals surface area (Å²) in [6.07, 6.45) is -1.25. The molecule has 0 aliphatic heterocycles. The standard InChI is InChI=1S/C13H17BrF3NS/c14-12-6-5-11(19-12)7-8-18-10-3-1-9(2-4-10)13(15,16)17/h5-6,9-10,18H,1-4,7-8H2. The van der Waals surface area contributed by atoms with Gasteiger partial charge >= 0.3 is 6.18 Å². The van der Waals surface area contributed by atoms with Crippen LogP contribution in [-0.4, -0.2) is 18.8 Å². The van der Waals surface area contributed by atoms with Crippen molar-refractivity contribution < 1.29 is 13.2 Å². The molecule has 0 bridgehead atoms. The molecule has 1 N–H and O–H groups in total. The molecule has 0 amide bonds. The zero-order chi connectivity index (χ0) is 13.9. The van der Waals surface area contributed by atoms with Crippen LogP contribution in [0.25, 0.3) is 0 Å². The number of alkyl halides is 3. The van der Waals surface area contributed by atoms with Crippen molar-refractivity contribution in [3.8, 4) is 0 Å². The second-order valence-corrected chi connectivity index (χ2v) is 7.55. The summed E-state index contributed by atoms with van der Waals surface area (Å²) in [7, 11) is 0.